The quantitative estimate of drug-likeness (QED) is 0.875. The summed E-state index contributed by atoms with van der Waals surface area (Å²) in [4.78, 5) is 12.0. The van der Waals surface area contributed by atoms with Gasteiger partial charge in [0.15, 0.2) is 0 Å². The van der Waals surface area contributed by atoms with Gasteiger partial charge in [-0.2, -0.15) is 0 Å². The lowest BCUT2D eigenvalue weighted by Crippen LogP contribution is -2.27. The third-order valence-electron chi connectivity index (χ3n) is 4.80. The number of rotatable bonds is 3. The number of fused-ring (bicyclic) bond motifs is 1. The monoisotopic (exact) mass is 258 g/mol. The molecule has 0 saturated heterocycles. The summed E-state index contributed by atoms with van der Waals surface area (Å²) >= 11 is 0. The van der Waals surface area contributed by atoms with Crippen molar-refractivity contribution in [3.8, 4) is 0 Å². The SMILES string of the molecule is CNC(c1ccc2c(c1)C(C)(C)C(=O)N2)C1CC1C. The lowest BCUT2D eigenvalue weighted by atomic mass is 9.84. The van der Waals surface area contributed by atoms with Crippen LogP contribution in [0.3, 0.4) is 0 Å². The maximum Gasteiger partial charge on any atom is 0.234 e. The molecule has 1 aromatic rings. The minimum absolute atomic E-state index is 0.0976. The van der Waals surface area contributed by atoms with Gasteiger partial charge in [0, 0.05) is 11.7 Å². The Morgan fingerprint density at radius 3 is 2.68 bits per heavy atom. The number of hydrogen-bond donors (Lipinski definition) is 2. The van der Waals surface area contributed by atoms with E-state index in [1.54, 1.807) is 0 Å². The number of amides is 1. The average Bonchev–Trinajstić information content (AvgIpc) is 3.02. The molecule has 1 aliphatic carbocycles. The Morgan fingerprint density at radius 2 is 2.11 bits per heavy atom. The standard InChI is InChI=1S/C16H22N2O/c1-9-7-11(9)14(17-4)10-5-6-13-12(8-10)16(2,3)15(19)18-13/h5-6,8-9,11,14,17H,7H2,1-4H3,(H,18,19). The molecule has 3 heteroatoms. The topological polar surface area (TPSA) is 41.1 Å². The van der Waals surface area contributed by atoms with E-state index in [1.165, 1.54) is 12.0 Å². The first-order chi connectivity index (χ1) is 8.95. The van der Waals surface area contributed by atoms with Gasteiger partial charge >= 0.3 is 0 Å². The van der Waals surface area contributed by atoms with Gasteiger partial charge in [-0.25, -0.2) is 0 Å². The van der Waals surface area contributed by atoms with Gasteiger partial charge in [-0.05, 0) is 56.3 Å². The smallest absolute Gasteiger partial charge is 0.234 e. The highest BCUT2D eigenvalue weighted by atomic mass is 16.2. The third-order valence-corrected chi connectivity index (χ3v) is 4.80. The van der Waals surface area contributed by atoms with E-state index in [2.05, 4.69) is 35.8 Å². The van der Waals surface area contributed by atoms with Crippen molar-refractivity contribution in [3.63, 3.8) is 0 Å². The van der Waals surface area contributed by atoms with Gasteiger partial charge in [-0.15, -0.1) is 0 Å². The molecule has 0 spiro atoms. The number of carbonyl (C=O) groups is 1. The number of carbonyl (C=O) groups excluding carboxylic acids is 1. The van der Waals surface area contributed by atoms with Gasteiger partial charge in [0.05, 0.1) is 5.41 Å². The number of hydrogen-bond acceptors (Lipinski definition) is 2. The zero-order valence-corrected chi connectivity index (χ0v) is 12.1. The molecule has 0 radical (unpaired) electrons. The lowest BCUT2D eigenvalue weighted by molar-refractivity contribution is -0.119. The zero-order valence-electron chi connectivity index (χ0n) is 12.1. The summed E-state index contributed by atoms with van der Waals surface area (Å²) < 4.78 is 0. The first kappa shape index (κ1) is 12.7. The fraction of sp³-hybridized carbons (Fsp3) is 0.562. The molecule has 1 aliphatic heterocycles. The predicted molar refractivity (Wildman–Crippen MR) is 77.2 cm³/mol. The van der Waals surface area contributed by atoms with Crippen LogP contribution in [0.15, 0.2) is 18.2 Å². The normalized spacial score (nSPS) is 28.7. The third kappa shape index (κ3) is 1.88. The molecule has 1 heterocycles. The van der Waals surface area contributed by atoms with Crippen molar-refractivity contribution in [2.24, 2.45) is 11.8 Å². The fourth-order valence-corrected chi connectivity index (χ4v) is 3.23. The minimum Gasteiger partial charge on any atom is -0.325 e. The summed E-state index contributed by atoms with van der Waals surface area (Å²) in [7, 11) is 2.03. The summed E-state index contributed by atoms with van der Waals surface area (Å²) in [5.74, 6) is 1.63. The second-order valence-electron chi connectivity index (χ2n) is 6.53. The molecule has 1 fully saturated rings. The van der Waals surface area contributed by atoms with Crippen molar-refractivity contribution in [2.75, 3.05) is 12.4 Å². The van der Waals surface area contributed by atoms with E-state index in [0.717, 1.165) is 23.1 Å². The minimum atomic E-state index is -0.418. The molecular weight excluding hydrogens is 236 g/mol. The molecule has 1 saturated carbocycles. The van der Waals surface area contributed by atoms with Gasteiger partial charge in [0.25, 0.3) is 0 Å². The van der Waals surface area contributed by atoms with Gasteiger partial charge in [-0.1, -0.05) is 19.1 Å². The van der Waals surface area contributed by atoms with Crippen LogP contribution < -0.4 is 10.6 Å². The maximum atomic E-state index is 12.0. The van der Waals surface area contributed by atoms with E-state index in [0.29, 0.717) is 6.04 Å². The first-order valence-electron chi connectivity index (χ1n) is 7.08. The zero-order chi connectivity index (χ0) is 13.8. The van der Waals surface area contributed by atoms with Crippen LogP contribution >= 0.6 is 0 Å². The Labute approximate surface area is 114 Å². The highest BCUT2D eigenvalue weighted by molar-refractivity contribution is 6.05. The van der Waals surface area contributed by atoms with E-state index >= 15 is 0 Å². The molecule has 19 heavy (non-hydrogen) atoms. The molecule has 1 amide bonds. The van der Waals surface area contributed by atoms with Gasteiger partial charge in [-0.3, -0.25) is 4.79 Å². The van der Waals surface area contributed by atoms with Crippen molar-refractivity contribution in [1.29, 1.82) is 0 Å². The molecule has 1 aromatic carbocycles. The lowest BCUT2D eigenvalue weighted by Gasteiger charge is -2.20. The molecule has 0 aromatic heterocycles. The molecule has 3 rings (SSSR count). The van der Waals surface area contributed by atoms with Crippen LogP contribution in [0.25, 0.3) is 0 Å². The summed E-state index contributed by atoms with van der Waals surface area (Å²) in [6.45, 7) is 6.29. The van der Waals surface area contributed by atoms with Crippen LogP contribution in [0.4, 0.5) is 5.69 Å². The van der Waals surface area contributed by atoms with Crippen LogP contribution in [-0.2, 0) is 10.2 Å². The highest BCUT2D eigenvalue weighted by Crippen LogP contribution is 2.48. The summed E-state index contributed by atoms with van der Waals surface area (Å²) in [6.07, 6.45) is 1.29. The van der Waals surface area contributed by atoms with E-state index < -0.39 is 5.41 Å². The van der Waals surface area contributed by atoms with Gasteiger partial charge < -0.3 is 10.6 Å². The Morgan fingerprint density at radius 1 is 1.42 bits per heavy atom. The van der Waals surface area contributed by atoms with Crippen molar-refractivity contribution in [2.45, 2.75) is 38.6 Å². The summed E-state index contributed by atoms with van der Waals surface area (Å²) in [5.41, 5.74) is 2.99. The molecule has 3 nitrogen and oxygen atoms in total. The second-order valence-corrected chi connectivity index (χ2v) is 6.53. The maximum absolute atomic E-state index is 12.0. The van der Waals surface area contributed by atoms with E-state index in [-0.39, 0.29) is 5.91 Å². The Kier molecular flexibility index (Phi) is 2.72. The Balaban J connectivity index is 1.98. The van der Waals surface area contributed by atoms with Crippen LogP contribution in [0.5, 0.6) is 0 Å². The molecule has 2 N–H and O–H groups in total. The number of benzene rings is 1. The second kappa shape index (κ2) is 4.07. The molecule has 3 unspecified atom stereocenters. The van der Waals surface area contributed by atoms with Crippen LogP contribution in [0.1, 0.15) is 44.4 Å². The summed E-state index contributed by atoms with van der Waals surface area (Å²) in [6, 6.07) is 6.81. The highest BCUT2D eigenvalue weighted by Gasteiger charge is 2.42. The fourth-order valence-electron chi connectivity index (χ4n) is 3.23. The van der Waals surface area contributed by atoms with Gasteiger partial charge in [0.1, 0.15) is 0 Å². The largest absolute Gasteiger partial charge is 0.325 e. The van der Waals surface area contributed by atoms with Crippen LogP contribution in [-0.4, -0.2) is 13.0 Å². The molecular formula is C16H22N2O. The molecule has 3 atom stereocenters. The van der Waals surface area contributed by atoms with Crippen LogP contribution in [0, 0.1) is 11.8 Å². The van der Waals surface area contributed by atoms with E-state index in [9.17, 15) is 4.79 Å². The molecule has 2 aliphatic rings. The summed E-state index contributed by atoms with van der Waals surface area (Å²) in [5, 5.41) is 6.40. The molecule has 0 bridgehead atoms. The van der Waals surface area contributed by atoms with Crippen molar-refractivity contribution in [1.82, 2.24) is 5.32 Å². The number of nitrogens with one attached hydrogen (secondary N) is 2. The van der Waals surface area contributed by atoms with Crippen molar-refractivity contribution >= 4 is 11.6 Å². The predicted octanol–water partition coefficient (Wildman–Crippen LogP) is 2.83. The van der Waals surface area contributed by atoms with E-state index in [1.807, 2.05) is 20.9 Å². The molecule has 102 valence electrons. The Bertz CT molecular complexity index is 536. The Hall–Kier alpha value is -1.35. The average molecular weight is 258 g/mol. The van der Waals surface area contributed by atoms with Crippen molar-refractivity contribution < 1.29 is 4.79 Å². The van der Waals surface area contributed by atoms with Crippen molar-refractivity contribution in [3.05, 3.63) is 29.3 Å². The van der Waals surface area contributed by atoms with Gasteiger partial charge in [0.2, 0.25) is 5.91 Å². The van der Waals surface area contributed by atoms with E-state index in [4.69, 9.17) is 0 Å². The number of anilines is 1. The van der Waals surface area contributed by atoms with Crippen LogP contribution in [0.2, 0.25) is 0 Å². The first-order valence-corrected chi connectivity index (χ1v) is 7.08.